The first-order valence-electron chi connectivity index (χ1n) is 5.28. The average Bonchev–Trinajstić information content (AvgIpc) is 2.38. The van der Waals surface area contributed by atoms with Crippen LogP contribution in [0.15, 0.2) is 36.7 Å². The number of benzene rings is 1. The fourth-order valence-electron chi connectivity index (χ4n) is 1.37. The van der Waals surface area contributed by atoms with Crippen molar-refractivity contribution in [1.82, 2.24) is 4.98 Å². The summed E-state index contributed by atoms with van der Waals surface area (Å²) in [5.41, 5.74) is 5.79. The second kappa shape index (κ2) is 5.27. The van der Waals surface area contributed by atoms with Gasteiger partial charge in [-0.25, -0.2) is 8.78 Å². The highest BCUT2D eigenvalue weighted by Gasteiger charge is 2.02. The van der Waals surface area contributed by atoms with Gasteiger partial charge < -0.3 is 5.73 Å². The monoisotopic (exact) mass is 258 g/mol. The van der Waals surface area contributed by atoms with Gasteiger partial charge >= 0.3 is 0 Å². The van der Waals surface area contributed by atoms with Gasteiger partial charge in [0.25, 0.3) is 0 Å². The minimum absolute atomic E-state index is 0.0610. The highest BCUT2D eigenvalue weighted by molar-refractivity contribution is 5.92. The number of carbonyl (C=O) groups excluding carboxylic acids is 1. The molecule has 0 saturated heterocycles. The topological polar surface area (TPSA) is 56.0 Å². The molecule has 0 aliphatic rings. The number of halogens is 2. The molecule has 0 saturated carbocycles. The molecule has 5 heteroatoms. The Morgan fingerprint density at radius 1 is 1.16 bits per heavy atom. The van der Waals surface area contributed by atoms with Crippen LogP contribution in [-0.4, -0.2) is 10.9 Å². The first kappa shape index (κ1) is 12.7. The smallest absolute Gasteiger partial charge is 0.250 e. The van der Waals surface area contributed by atoms with Crippen molar-refractivity contribution < 1.29 is 13.6 Å². The summed E-state index contributed by atoms with van der Waals surface area (Å²) in [6, 6.07) is 4.56. The van der Waals surface area contributed by atoms with E-state index in [1.54, 1.807) is 0 Å². The SMILES string of the molecule is NC(=O)c1cncc(C#Cc2ccc(F)cc2F)c1. The van der Waals surface area contributed by atoms with Gasteiger partial charge in [-0.05, 0) is 18.2 Å². The van der Waals surface area contributed by atoms with E-state index in [1.165, 1.54) is 24.5 Å². The van der Waals surface area contributed by atoms with Gasteiger partial charge in [0.15, 0.2) is 0 Å². The number of aromatic nitrogens is 1. The van der Waals surface area contributed by atoms with E-state index in [-0.39, 0.29) is 11.1 Å². The molecular formula is C14H8F2N2O. The number of nitrogens with zero attached hydrogens (tertiary/aromatic N) is 1. The summed E-state index contributed by atoms with van der Waals surface area (Å²) in [5.74, 6) is 3.14. The zero-order valence-electron chi connectivity index (χ0n) is 9.65. The van der Waals surface area contributed by atoms with Crippen molar-refractivity contribution in [2.24, 2.45) is 5.73 Å². The first-order chi connectivity index (χ1) is 9.06. The molecule has 1 heterocycles. The van der Waals surface area contributed by atoms with Crippen LogP contribution in [0.5, 0.6) is 0 Å². The number of amides is 1. The molecule has 0 unspecified atom stereocenters. The maximum absolute atomic E-state index is 13.3. The first-order valence-corrected chi connectivity index (χ1v) is 5.28. The van der Waals surface area contributed by atoms with Gasteiger partial charge in [-0.2, -0.15) is 0 Å². The molecule has 1 amide bonds. The molecule has 1 aromatic heterocycles. The van der Waals surface area contributed by atoms with E-state index in [4.69, 9.17) is 5.73 Å². The second-order valence-corrected chi connectivity index (χ2v) is 3.70. The fourth-order valence-corrected chi connectivity index (χ4v) is 1.37. The van der Waals surface area contributed by atoms with Gasteiger partial charge in [0.05, 0.1) is 11.1 Å². The zero-order valence-corrected chi connectivity index (χ0v) is 9.65. The van der Waals surface area contributed by atoms with Crippen molar-refractivity contribution in [3.05, 3.63) is 65.0 Å². The standard InChI is InChI=1S/C14H8F2N2O/c15-12-4-3-10(13(16)6-12)2-1-9-5-11(14(17)19)8-18-7-9/h3-8H,(H2,17,19). The molecule has 0 atom stereocenters. The lowest BCUT2D eigenvalue weighted by Gasteiger charge is -1.95. The van der Waals surface area contributed by atoms with Crippen molar-refractivity contribution in [3.63, 3.8) is 0 Å². The van der Waals surface area contributed by atoms with Crippen LogP contribution >= 0.6 is 0 Å². The average molecular weight is 258 g/mol. The number of rotatable bonds is 1. The number of hydrogen-bond acceptors (Lipinski definition) is 2. The van der Waals surface area contributed by atoms with Crippen LogP contribution < -0.4 is 5.73 Å². The maximum Gasteiger partial charge on any atom is 0.250 e. The Morgan fingerprint density at radius 2 is 1.95 bits per heavy atom. The Bertz CT molecular complexity index is 702. The van der Waals surface area contributed by atoms with Crippen LogP contribution in [0.1, 0.15) is 21.5 Å². The molecular weight excluding hydrogens is 250 g/mol. The fraction of sp³-hybridized carbons (Fsp3) is 0. The summed E-state index contributed by atoms with van der Waals surface area (Å²) >= 11 is 0. The predicted octanol–water partition coefficient (Wildman–Crippen LogP) is 1.86. The summed E-state index contributed by atoms with van der Waals surface area (Å²) in [5, 5.41) is 0. The van der Waals surface area contributed by atoms with E-state index in [1.807, 2.05) is 0 Å². The summed E-state index contributed by atoms with van der Waals surface area (Å²) in [7, 11) is 0. The van der Waals surface area contributed by atoms with Gasteiger partial charge in [0.2, 0.25) is 5.91 Å². The van der Waals surface area contributed by atoms with E-state index < -0.39 is 17.5 Å². The van der Waals surface area contributed by atoms with Gasteiger partial charge in [-0.1, -0.05) is 11.8 Å². The second-order valence-electron chi connectivity index (χ2n) is 3.70. The van der Waals surface area contributed by atoms with Gasteiger partial charge in [-0.3, -0.25) is 9.78 Å². The van der Waals surface area contributed by atoms with Crippen LogP contribution in [0.3, 0.4) is 0 Å². The molecule has 0 aliphatic heterocycles. The third kappa shape index (κ3) is 3.13. The number of nitrogens with two attached hydrogens (primary N) is 1. The summed E-state index contributed by atoms with van der Waals surface area (Å²) in [6.07, 6.45) is 2.73. The maximum atomic E-state index is 13.3. The lowest BCUT2D eigenvalue weighted by Crippen LogP contribution is -2.11. The minimum atomic E-state index is -0.744. The molecule has 3 nitrogen and oxygen atoms in total. The summed E-state index contributed by atoms with van der Waals surface area (Å²) < 4.78 is 26.0. The molecule has 0 fully saturated rings. The van der Waals surface area contributed by atoms with E-state index >= 15 is 0 Å². The quantitative estimate of drug-likeness (QED) is 0.794. The number of hydrogen-bond donors (Lipinski definition) is 1. The van der Waals surface area contributed by atoms with Crippen LogP contribution in [-0.2, 0) is 0 Å². The lowest BCUT2D eigenvalue weighted by atomic mass is 10.1. The van der Waals surface area contributed by atoms with Gasteiger partial charge in [0.1, 0.15) is 11.6 Å². The number of carbonyl (C=O) groups is 1. The van der Waals surface area contributed by atoms with Crippen LogP contribution in [0.25, 0.3) is 0 Å². The van der Waals surface area contributed by atoms with Gasteiger partial charge in [0, 0.05) is 24.0 Å². The Morgan fingerprint density at radius 3 is 2.63 bits per heavy atom. The van der Waals surface area contributed by atoms with Crippen molar-refractivity contribution in [1.29, 1.82) is 0 Å². The van der Waals surface area contributed by atoms with Gasteiger partial charge in [-0.15, -0.1) is 0 Å². The predicted molar refractivity (Wildman–Crippen MR) is 65.1 cm³/mol. The Kier molecular flexibility index (Phi) is 3.53. The molecule has 94 valence electrons. The molecule has 0 aliphatic carbocycles. The third-order valence-corrected chi connectivity index (χ3v) is 2.30. The van der Waals surface area contributed by atoms with E-state index in [9.17, 15) is 13.6 Å². The molecule has 0 spiro atoms. The number of pyridine rings is 1. The van der Waals surface area contributed by atoms with Crippen molar-refractivity contribution in [2.75, 3.05) is 0 Å². The highest BCUT2D eigenvalue weighted by atomic mass is 19.1. The molecule has 1 aromatic carbocycles. The third-order valence-electron chi connectivity index (χ3n) is 2.30. The molecule has 0 radical (unpaired) electrons. The molecule has 2 N–H and O–H groups in total. The Hall–Kier alpha value is -2.74. The van der Waals surface area contributed by atoms with Crippen LogP contribution in [0.4, 0.5) is 8.78 Å². The van der Waals surface area contributed by atoms with Crippen LogP contribution in [0.2, 0.25) is 0 Å². The number of primary amides is 1. The normalized spacial score (nSPS) is 9.58. The van der Waals surface area contributed by atoms with Crippen molar-refractivity contribution in [2.45, 2.75) is 0 Å². The molecule has 2 aromatic rings. The molecule has 2 rings (SSSR count). The Balaban J connectivity index is 2.33. The highest BCUT2D eigenvalue weighted by Crippen LogP contribution is 2.08. The van der Waals surface area contributed by atoms with E-state index in [0.29, 0.717) is 5.56 Å². The lowest BCUT2D eigenvalue weighted by molar-refractivity contribution is 0.1000. The van der Waals surface area contributed by atoms with Crippen molar-refractivity contribution >= 4 is 5.91 Å². The zero-order chi connectivity index (χ0) is 13.8. The minimum Gasteiger partial charge on any atom is -0.366 e. The Labute approximate surface area is 108 Å². The van der Waals surface area contributed by atoms with E-state index in [0.717, 1.165) is 12.1 Å². The molecule has 0 bridgehead atoms. The largest absolute Gasteiger partial charge is 0.366 e. The van der Waals surface area contributed by atoms with E-state index in [2.05, 4.69) is 16.8 Å². The molecule has 19 heavy (non-hydrogen) atoms. The van der Waals surface area contributed by atoms with Crippen molar-refractivity contribution in [3.8, 4) is 11.8 Å². The summed E-state index contributed by atoms with van der Waals surface area (Å²) in [6.45, 7) is 0. The summed E-state index contributed by atoms with van der Waals surface area (Å²) in [4.78, 5) is 14.7. The van der Waals surface area contributed by atoms with Crippen LogP contribution in [0, 0.1) is 23.5 Å².